The van der Waals surface area contributed by atoms with Crippen LogP contribution in [0.4, 0.5) is 32.4 Å². The van der Waals surface area contributed by atoms with Gasteiger partial charge in [-0.15, -0.1) is 13.2 Å². The average molecular weight is 663 g/mol. The van der Waals surface area contributed by atoms with Crippen LogP contribution in [0.15, 0.2) is 30.5 Å². The van der Waals surface area contributed by atoms with Gasteiger partial charge in [-0.3, -0.25) is 4.98 Å². The van der Waals surface area contributed by atoms with Crippen LogP contribution in [0.25, 0.3) is 22.2 Å². The maximum atomic E-state index is 16.8. The molecule has 1 saturated heterocycles. The quantitative estimate of drug-likeness (QED) is 0.186. The van der Waals surface area contributed by atoms with E-state index < -0.39 is 46.7 Å². The molecule has 1 amide bonds. The number of pyridine rings is 1. The minimum absolute atomic E-state index is 0.0122. The zero-order valence-electron chi connectivity index (χ0n) is 26.1. The third-order valence-corrected chi connectivity index (χ3v) is 9.14. The number of nitrogen functional groups attached to an aromatic ring is 1. The summed E-state index contributed by atoms with van der Waals surface area (Å²) in [6.45, 7) is 6.87. The number of hydrogen-bond acceptors (Lipinski definition) is 7. The van der Waals surface area contributed by atoms with E-state index in [1.54, 1.807) is 4.90 Å². The van der Waals surface area contributed by atoms with Crippen LogP contribution in [-0.2, 0) is 20.8 Å². The second-order valence-corrected chi connectivity index (χ2v) is 13.6. The largest absolute Gasteiger partial charge is 0.573 e. The highest BCUT2D eigenvalue weighted by atomic mass is 19.4. The number of piperidine rings is 1. The number of fused-ring (bicyclic) bond motifs is 5. The zero-order chi connectivity index (χ0) is 33.4. The van der Waals surface area contributed by atoms with E-state index in [0.717, 1.165) is 30.2 Å². The summed E-state index contributed by atoms with van der Waals surface area (Å²) in [5.41, 5.74) is 5.55. The van der Waals surface area contributed by atoms with Crippen molar-refractivity contribution in [3.63, 3.8) is 0 Å². The van der Waals surface area contributed by atoms with Crippen LogP contribution in [0.3, 0.4) is 0 Å². The number of hydrogen-bond donors (Lipinski definition) is 1. The number of nitrogens with zero attached hydrogens (tertiary/aromatic N) is 3. The maximum Gasteiger partial charge on any atom is 0.573 e. The summed E-state index contributed by atoms with van der Waals surface area (Å²) in [5, 5.41) is 0.493. The summed E-state index contributed by atoms with van der Waals surface area (Å²) in [7, 11) is 0. The second kappa shape index (κ2) is 11.4. The van der Waals surface area contributed by atoms with Crippen LogP contribution in [0.5, 0.6) is 5.75 Å². The maximum absolute atomic E-state index is 16.8. The first kappa shape index (κ1) is 31.7. The number of anilines is 1. The first-order chi connectivity index (χ1) is 22.2. The lowest BCUT2D eigenvalue weighted by molar-refractivity contribution is -0.275. The molecule has 2 N–H and O–H groups in total. The van der Waals surface area contributed by atoms with E-state index in [0.29, 0.717) is 24.6 Å². The minimum atomic E-state index is -5.24. The summed E-state index contributed by atoms with van der Waals surface area (Å²) in [4.78, 5) is 19.2. The van der Waals surface area contributed by atoms with E-state index in [1.807, 2.05) is 37.5 Å². The summed E-state index contributed by atoms with van der Waals surface area (Å²) >= 11 is 0. The molecule has 0 bridgehead atoms. The number of benzene rings is 1. The zero-order valence-corrected chi connectivity index (χ0v) is 26.1. The Morgan fingerprint density at radius 1 is 1.09 bits per heavy atom. The molecule has 252 valence electrons. The smallest absolute Gasteiger partial charge is 0.444 e. The molecule has 2 saturated carbocycles. The van der Waals surface area contributed by atoms with Crippen LogP contribution in [0.1, 0.15) is 56.8 Å². The van der Waals surface area contributed by atoms with Crippen molar-refractivity contribution < 1.29 is 45.7 Å². The Bertz CT molecular complexity index is 1760. The predicted octanol–water partition coefficient (Wildman–Crippen LogP) is 6.85. The Hall–Kier alpha value is -3.91. The molecule has 0 spiro atoms. The molecule has 14 heteroatoms. The SMILES string of the molecule is CC(C)(C)OC(=O)N1C[C@@H]2[C@H]3c4c(n(C5CC5)c5c(F)c(-c6cc(N)cc(F)c6OC(F)(F)F)ncc45)COC/C=C/COC[C@@H]1[C@H]23. The second-order valence-electron chi connectivity index (χ2n) is 13.6. The molecule has 2 aliphatic heterocycles. The molecular weight excluding hydrogens is 627 g/mol. The van der Waals surface area contributed by atoms with E-state index in [1.165, 1.54) is 6.20 Å². The Labute approximate surface area is 267 Å². The third-order valence-electron chi connectivity index (χ3n) is 9.14. The van der Waals surface area contributed by atoms with Crippen LogP contribution < -0.4 is 10.5 Å². The van der Waals surface area contributed by atoms with E-state index in [4.69, 9.17) is 19.9 Å². The van der Waals surface area contributed by atoms with Gasteiger partial charge >= 0.3 is 12.5 Å². The highest BCUT2D eigenvalue weighted by Crippen LogP contribution is 2.64. The number of carbonyl (C=O) groups excluding carboxylic acids is 1. The number of ether oxygens (including phenoxy) is 4. The highest BCUT2D eigenvalue weighted by molar-refractivity contribution is 5.91. The van der Waals surface area contributed by atoms with Crippen LogP contribution in [-0.4, -0.2) is 64.9 Å². The number of carbonyl (C=O) groups is 1. The van der Waals surface area contributed by atoms with Crippen LogP contribution in [0.2, 0.25) is 0 Å². The van der Waals surface area contributed by atoms with Crippen LogP contribution >= 0.6 is 0 Å². The number of likely N-dealkylation sites (tertiary alicyclic amines) is 1. The van der Waals surface area contributed by atoms with Gasteiger partial charge < -0.3 is 34.1 Å². The molecule has 47 heavy (non-hydrogen) atoms. The van der Waals surface area contributed by atoms with Crippen molar-refractivity contribution in [2.24, 2.45) is 11.8 Å². The van der Waals surface area contributed by atoms with Crippen molar-refractivity contribution in [2.75, 3.05) is 32.1 Å². The molecule has 3 aromatic rings. The number of aromatic nitrogens is 2. The summed E-state index contributed by atoms with van der Waals surface area (Å²) < 4.78 is 95.2. The van der Waals surface area contributed by atoms with E-state index in [-0.39, 0.29) is 60.9 Å². The molecule has 7 rings (SSSR count). The standard InChI is InChI=1S/C33H35F5N4O5/c1-32(2,3)47-31(43)41-13-20-25-22(41)14-44-8-4-5-9-45-15-23-24(26(20)25)19-12-40-28(27(35)29(19)42(23)17-6-7-17)18-10-16(39)11-21(34)30(18)46-33(36,37)38/h4-5,10-12,17,20,22,25-26H,6-9,13-15,39H2,1-3H3/b5-4+/t20-,22+,25-,26-/m0/s1. The lowest BCUT2D eigenvalue weighted by Crippen LogP contribution is -2.44. The van der Waals surface area contributed by atoms with E-state index >= 15 is 4.39 Å². The van der Waals surface area contributed by atoms with Gasteiger partial charge in [-0.2, -0.15) is 0 Å². The fourth-order valence-corrected chi connectivity index (χ4v) is 7.27. The summed E-state index contributed by atoms with van der Waals surface area (Å²) in [5.74, 6) is -3.59. The van der Waals surface area contributed by atoms with Gasteiger partial charge in [0.1, 0.15) is 11.3 Å². The lowest BCUT2D eigenvalue weighted by Gasteiger charge is -2.31. The van der Waals surface area contributed by atoms with Crippen molar-refractivity contribution in [1.29, 1.82) is 0 Å². The summed E-state index contributed by atoms with van der Waals surface area (Å²) in [6, 6.07) is 1.33. The van der Waals surface area contributed by atoms with E-state index in [9.17, 15) is 22.4 Å². The average Bonchev–Trinajstić information content (AvgIpc) is 3.86. The normalized spacial score (nSPS) is 25.3. The molecule has 2 aromatic heterocycles. The lowest BCUT2D eigenvalue weighted by atomic mass is 10.00. The first-order valence-electron chi connectivity index (χ1n) is 15.6. The molecule has 3 fully saturated rings. The van der Waals surface area contributed by atoms with Gasteiger partial charge in [-0.05, 0) is 63.0 Å². The van der Waals surface area contributed by atoms with Gasteiger partial charge in [0, 0.05) is 41.6 Å². The summed E-state index contributed by atoms with van der Waals surface area (Å²) in [6.07, 6.45) is 0.947. The highest BCUT2D eigenvalue weighted by Gasteiger charge is 2.64. The molecule has 4 aliphatic rings. The van der Waals surface area contributed by atoms with Gasteiger partial charge in [0.15, 0.2) is 17.4 Å². The van der Waals surface area contributed by atoms with Gasteiger partial charge in [0.2, 0.25) is 0 Å². The molecular formula is C33H35F5N4O5. The molecule has 0 unspecified atom stereocenters. The topological polar surface area (TPSA) is 101 Å². The molecule has 1 aromatic carbocycles. The Kier molecular flexibility index (Phi) is 7.66. The van der Waals surface area contributed by atoms with Gasteiger partial charge in [0.25, 0.3) is 0 Å². The predicted molar refractivity (Wildman–Crippen MR) is 161 cm³/mol. The van der Waals surface area contributed by atoms with Crippen molar-refractivity contribution in [3.05, 3.63) is 53.4 Å². The fourth-order valence-electron chi connectivity index (χ4n) is 7.27. The number of nitrogens with two attached hydrogens (primary N) is 1. The van der Waals surface area contributed by atoms with Gasteiger partial charge in [-0.25, -0.2) is 13.6 Å². The third kappa shape index (κ3) is 5.90. The van der Waals surface area contributed by atoms with Crippen molar-refractivity contribution >= 4 is 22.7 Å². The number of alkyl halides is 3. The molecule has 4 heterocycles. The van der Waals surface area contributed by atoms with E-state index in [2.05, 4.69) is 9.72 Å². The Morgan fingerprint density at radius 3 is 2.49 bits per heavy atom. The monoisotopic (exact) mass is 662 g/mol. The first-order valence-corrected chi connectivity index (χ1v) is 15.6. The van der Waals surface area contributed by atoms with Crippen molar-refractivity contribution in [2.45, 2.75) is 70.2 Å². The molecule has 4 atom stereocenters. The molecule has 9 nitrogen and oxygen atoms in total. The van der Waals surface area contributed by atoms with Gasteiger partial charge in [0.05, 0.1) is 43.5 Å². The number of rotatable bonds is 3. The minimum Gasteiger partial charge on any atom is -0.444 e. The van der Waals surface area contributed by atoms with Crippen molar-refractivity contribution in [1.82, 2.24) is 14.5 Å². The van der Waals surface area contributed by atoms with Crippen molar-refractivity contribution in [3.8, 4) is 17.0 Å². The van der Waals surface area contributed by atoms with Crippen LogP contribution in [0, 0.1) is 23.5 Å². The number of amides is 1. The fraction of sp³-hybridized carbons (Fsp3) is 0.515. The Morgan fingerprint density at radius 2 is 1.81 bits per heavy atom. The molecule has 2 aliphatic carbocycles. The van der Waals surface area contributed by atoms with Gasteiger partial charge in [-0.1, -0.05) is 12.2 Å². The Balaban J connectivity index is 1.37. The number of halogens is 5. The molecule has 0 radical (unpaired) electrons.